The molecule has 1 aliphatic heterocycles. The molecule has 0 aromatic rings. The quantitative estimate of drug-likeness (QED) is 0.765. The van der Waals surface area contributed by atoms with Crippen LogP contribution in [-0.2, 0) is 4.74 Å². The van der Waals surface area contributed by atoms with Crippen LogP contribution < -0.4 is 5.32 Å². The molecule has 1 saturated heterocycles. The zero-order valence-corrected chi connectivity index (χ0v) is 13.1. The van der Waals surface area contributed by atoms with Crippen molar-refractivity contribution in [3.05, 3.63) is 0 Å². The fourth-order valence-corrected chi connectivity index (χ4v) is 2.62. The van der Waals surface area contributed by atoms with Gasteiger partial charge in [-0.15, -0.1) is 0 Å². The third-order valence-electron chi connectivity index (χ3n) is 3.53. The van der Waals surface area contributed by atoms with Crippen LogP contribution in [0.15, 0.2) is 0 Å². The van der Waals surface area contributed by atoms with Crippen molar-refractivity contribution in [2.24, 2.45) is 0 Å². The first-order chi connectivity index (χ1) is 8.28. The highest BCUT2D eigenvalue weighted by Crippen LogP contribution is 2.16. The van der Waals surface area contributed by atoms with Gasteiger partial charge in [-0.3, -0.25) is 4.90 Å². The summed E-state index contributed by atoms with van der Waals surface area (Å²) in [5, 5.41) is 3.55. The molecule has 0 aliphatic carbocycles. The molecule has 0 bridgehead atoms. The maximum Gasteiger partial charge on any atom is 0.0678 e. The molecular formula is C15H32N2O. The van der Waals surface area contributed by atoms with Gasteiger partial charge in [-0.1, -0.05) is 0 Å². The van der Waals surface area contributed by atoms with Gasteiger partial charge in [0.05, 0.1) is 12.2 Å². The summed E-state index contributed by atoms with van der Waals surface area (Å²) in [4.78, 5) is 2.58. The first-order valence-electron chi connectivity index (χ1n) is 7.42. The third kappa shape index (κ3) is 6.17. The Hall–Kier alpha value is -0.120. The van der Waals surface area contributed by atoms with Crippen LogP contribution in [-0.4, -0.2) is 48.3 Å². The van der Waals surface area contributed by atoms with Crippen molar-refractivity contribution < 1.29 is 4.74 Å². The second-order valence-corrected chi connectivity index (χ2v) is 6.88. The van der Waals surface area contributed by atoms with Crippen LogP contribution >= 0.6 is 0 Å². The van der Waals surface area contributed by atoms with E-state index in [0.717, 1.165) is 19.6 Å². The summed E-state index contributed by atoms with van der Waals surface area (Å²) in [6, 6.07) is 0.667. The normalized spacial score (nSPS) is 28.3. The van der Waals surface area contributed by atoms with E-state index in [2.05, 4.69) is 51.8 Å². The molecule has 0 amide bonds. The second-order valence-electron chi connectivity index (χ2n) is 6.88. The molecule has 1 fully saturated rings. The van der Waals surface area contributed by atoms with Gasteiger partial charge in [0.25, 0.3) is 0 Å². The summed E-state index contributed by atoms with van der Waals surface area (Å²) in [5.41, 5.74) is 0.241. The maximum absolute atomic E-state index is 5.78. The molecule has 1 aliphatic rings. The minimum absolute atomic E-state index is 0.241. The number of hydrogen-bond donors (Lipinski definition) is 1. The molecule has 18 heavy (non-hydrogen) atoms. The van der Waals surface area contributed by atoms with Gasteiger partial charge in [0.1, 0.15) is 0 Å². The van der Waals surface area contributed by atoms with Gasteiger partial charge in [-0.05, 0) is 60.9 Å². The summed E-state index contributed by atoms with van der Waals surface area (Å²) in [5.74, 6) is 0. The topological polar surface area (TPSA) is 24.5 Å². The third-order valence-corrected chi connectivity index (χ3v) is 3.53. The smallest absolute Gasteiger partial charge is 0.0678 e. The van der Waals surface area contributed by atoms with Crippen molar-refractivity contribution in [2.45, 2.75) is 78.2 Å². The molecule has 0 radical (unpaired) electrons. The lowest BCUT2D eigenvalue weighted by Gasteiger charge is -2.39. The highest BCUT2D eigenvalue weighted by Gasteiger charge is 2.25. The summed E-state index contributed by atoms with van der Waals surface area (Å²) >= 11 is 0. The van der Waals surface area contributed by atoms with E-state index in [1.807, 2.05) is 0 Å². The summed E-state index contributed by atoms with van der Waals surface area (Å²) in [7, 11) is 0. The summed E-state index contributed by atoms with van der Waals surface area (Å²) in [6.45, 7) is 16.7. The highest BCUT2D eigenvalue weighted by atomic mass is 16.5. The molecule has 3 atom stereocenters. The monoisotopic (exact) mass is 256 g/mol. The first kappa shape index (κ1) is 15.9. The molecular weight excluding hydrogens is 224 g/mol. The van der Waals surface area contributed by atoms with Crippen molar-refractivity contribution in [1.29, 1.82) is 0 Å². The van der Waals surface area contributed by atoms with Crippen LogP contribution in [0.5, 0.6) is 0 Å². The average Bonchev–Trinajstić information content (AvgIpc) is 2.21. The molecule has 108 valence electrons. The first-order valence-corrected chi connectivity index (χ1v) is 7.42. The molecule has 1 N–H and O–H groups in total. The maximum atomic E-state index is 5.78. The molecule has 0 aromatic heterocycles. The predicted molar refractivity (Wildman–Crippen MR) is 78.0 cm³/mol. The molecule has 0 saturated carbocycles. The molecule has 3 nitrogen and oxygen atoms in total. The van der Waals surface area contributed by atoms with Gasteiger partial charge in [0.2, 0.25) is 0 Å². The van der Waals surface area contributed by atoms with Gasteiger partial charge in [0.15, 0.2) is 0 Å². The van der Waals surface area contributed by atoms with Crippen LogP contribution in [0.2, 0.25) is 0 Å². The van der Waals surface area contributed by atoms with Crippen LogP contribution in [0.1, 0.15) is 54.4 Å². The SMILES string of the molecule is CC(CCCNC(C)(C)C)N1C[C@@H](C)O[C@@H](C)C1. The largest absolute Gasteiger partial charge is 0.373 e. The van der Waals surface area contributed by atoms with Crippen LogP contribution in [0, 0.1) is 0 Å². The lowest BCUT2D eigenvalue weighted by Crippen LogP contribution is -2.49. The summed E-state index contributed by atoms with van der Waals surface area (Å²) < 4.78 is 5.78. The number of morpholine rings is 1. The molecule has 0 spiro atoms. The fourth-order valence-electron chi connectivity index (χ4n) is 2.62. The second kappa shape index (κ2) is 6.88. The Morgan fingerprint density at radius 3 is 2.28 bits per heavy atom. The van der Waals surface area contributed by atoms with E-state index in [4.69, 9.17) is 4.74 Å². The van der Waals surface area contributed by atoms with Gasteiger partial charge >= 0.3 is 0 Å². The Morgan fingerprint density at radius 1 is 1.22 bits per heavy atom. The lowest BCUT2D eigenvalue weighted by atomic mass is 10.1. The molecule has 1 unspecified atom stereocenters. The van der Waals surface area contributed by atoms with Crippen LogP contribution in [0.25, 0.3) is 0 Å². The van der Waals surface area contributed by atoms with E-state index in [0.29, 0.717) is 18.2 Å². The number of nitrogens with zero attached hydrogens (tertiary/aromatic N) is 1. The van der Waals surface area contributed by atoms with Crippen molar-refractivity contribution in [1.82, 2.24) is 10.2 Å². The van der Waals surface area contributed by atoms with E-state index in [-0.39, 0.29) is 5.54 Å². The predicted octanol–water partition coefficient (Wildman–Crippen LogP) is 2.65. The number of rotatable bonds is 5. The zero-order chi connectivity index (χ0) is 13.8. The average molecular weight is 256 g/mol. The summed E-state index contributed by atoms with van der Waals surface area (Å²) in [6.07, 6.45) is 3.27. The Bertz CT molecular complexity index is 227. The van der Waals surface area contributed by atoms with Crippen LogP contribution in [0.4, 0.5) is 0 Å². The molecule has 1 rings (SSSR count). The molecule has 3 heteroatoms. The van der Waals surface area contributed by atoms with Gasteiger partial charge in [0, 0.05) is 24.7 Å². The zero-order valence-electron chi connectivity index (χ0n) is 13.1. The van der Waals surface area contributed by atoms with E-state index in [1.165, 1.54) is 12.8 Å². The minimum atomic E-state index is 0.241. The number of nitrogens with one attached hydrogen (secondary N) is 1. The Kier molecular flexibility index (Phi) is 6.09. The fraction of sp³-hybridized carbons (Fsp3) is 1.00. The lowest BCUT2D eigenvalue weighted by molar-refractivity contribution is -0.0792. The van der Waals surface area contributed by atoms with Gasteiger partial charge in [-0.25, -0.2) is 0 Å². The Labute approximate surface area is 113 Å². The number of ether oxygens (including phenoxy) is 1. The van der Waals surface area contributed by atoms with Crippen molar-refractivity contribution in [3.63, 3.8) is 0 Å². The van der Waals surface area contributed by atoms with E-state index in [9.17, 15) is 0 Å². The van der Waals surface area contributed by atoms with Gasteiger partial charge in [-0.2, -0.15) is 0 Å². The van der Waals surface area contributed by atoms with E-state index >= 15 is 0 Å². The minimum Gasteiger partial charge on any atom is -0.373 e. The van der Waals surface area contributed by atoms with Crippen molar-refractivity contribution >= 4 is 0 Å². The Balaban J connectivity index is 2.21. The van der Waals surface area contributed by atoms with Crippen LogP contribution in [0.3, 0.4) is 0 Å². The standard InChI is InChI=1S/C15H32N2O/c1-12(8-7-9-16-15(4,5)6)17-10-13(2)18-14(3)11-17/h12-14,16H,7-11H2,1-6H3/t12?,13-,14+. The van der Waals surface area contributed by atoms with Crippen molar-refractivity contribution in [2.75, 3.05) is 19.6 Å². The van der Waals surface area contributed by atoms with Gasteiger partial charge < -0.3 is 10.1 Å². The van der Waals surface area contributed by atoms with Crippen molar-refractivity contribution in [3.8, 4) is 0 Å². The van der Waals surface area contributed by atoms with E-state index in [1.54, 1.807) is 0 Å². The number of hydrogen-bond acceptors (Lipinski definition) is 3. The molecule has 1 heterocycles. The van der Waals surface area contributed by atoms with E-state index < -0.39 is 0 Å². The molecule has 0 aromatic carbocycles. The Morgan fingerprint density at radius 2 is 1.78 bits per heavy atom. The highest BCUT2D eigenvalue weighted by molar-refractivity contribution is 4.78.